The first kappa shape index (κ1) is 30.0. The van der Waals surface area contributed by atoms with Crippen LogP contribution in [-0.2, 0) is 0 Å². The van der Waals surface area contributed by atoms with Crippen molar-refractivity contribution < 1.29 is 0 Å². The summed E-state index contributed by atoms with van der Waals surface area (Å²) in [5, 5.41) is 10.0. The fraction of sp³-hybridized carbons (Fsp3) is 0. The van der Waals surface area contributed by atoms with Crippen LogP contribution < -0.4 is 4.90 Å². The summed E-state index contributed by atoms with van der Waals surface area (Å²) in [6.07, 6.45) is 0. The quantitative estimate of drug-likeness (QED) is 0.174. The van der Waals surface area contributed by atoms with E-state index in [0.29, 0.717) is 0 Å². The predicted molar refractivity (Wildman–Crippen MR) is 229 cm³/mol. The van der Waals surface area contributed by atoms with Gasteiger partial charge in [-0.3, -0.25) is 0 Å². The number of aromatic nitrogens is 1. The first-order valence-electron chi connectivity index (χ1n) is 18.1. The summed E-state index contributed by atoms with van der Waals surface area (Å²) in [6.45, 7) is 0. The molecule has 2 heterocycles. The molecule has 11 rings (SSSR count). The van der Waals surface area contributed by atoms with Crippen molar-refractivity contribution in [3.63, 3.8) is 0 Å². The molecule has 0 aliphatic rings. The van der Waals surface area contributed by atoms with Gasteiger partial charge in [0.1, 0.15) is 0 Å². The first-order valence-corrected chi connectivity index (χ1v) is 18.9. The molecule has 0 amide bonds. The van der Waals surface area contributed by atoms with Crippen LogP contribution >= 0.6 is 11.3 Å². The zero-order valence-corrected chi connectivity index (χ0v) is 29.6. The second-order valence-electron chi connectivity index (χ2n) is 13.7. The Morgan fingerprint density at radius 2 is 1.06 bits per heavy atom. The molecule has 0 saturated carbocycles. The molecule has 3 heteroatoms. The number of hydrogen-bond donors (Lipinski definition) is 0. The molecule has 2 aromatic heterocycles. The Labute approximate surface area is 311 Å². The topological polar surface area (TPSA) is 8.17 Å². The smallest absolute Gasteiger partial charge is 0.0619 e. The van der Waals surface area contributed by atoms with Crippen LogP contribution in [0.4, 0.5) is 17.1 Å². The molecule has 0 aliphatic heterocycles. The Bertz CT molecular complexity index is 3190. The summed E-state index contributed by atoms with van der Waals surface area (Å²) in [4.78, 5) is 2.45. The third-order valence-electron chi connectivity index (χ3n) is 10.7. The Kier molecular flexibility index (Phi) is 6.76. The van der Waals surface area contributed by atoms with Crippen molar-refractivity contribution in [3.05, 3.63) is 194 Å². The van der Waals surface area contributed by atoms with E-state index >= 15 is 0 Å². The molecule has 53 heavy (non-hydrogen) atoms. The van der Waals surface area contributed by atoms with Crippen molar-refractivity contribution in [2.45, 2.75) is 0 Å². The van der Waals surface area contributed by atoms with Gasteiger partial charge in [-0.1, -0.05) is 140 Å². The number of rotatable bonds is 5. The molecule has 0 radical (unpaired) electrons. The lowest BCUT2D eigenvalue weighted by molar-refractivity contribution is 1.19. The van der Waals surface area contributed by atoms with Crippen LogP contribution in [0, 0.1) is 0 Å². The zero-order chi connectivity index (χ0) is 34.9. The minimum Gasteiger partial charge on any atom is -0.310 e. The Morgan fingerprint density at radius 3 is 1.96 bits per heavy atom. The molecule has 2 nitrogen and oxygen atoms in total. The van der Waals surface area contributed by atoms with E-state index in [4.69, 9.17) is 0 Å². The highest BCUT2D eigenvalue weighted by atomic mass is 32.1. The van der Waals surface area contributed by atoms with Gasteiger partial charge in [0.25, 0.3) is 0 Å². The van der Waals surface area contributed by atoms with Crippen LogP contribution in [0.25, 0.3) is 80.3 Å². The maximum atomic E-state index is 2.49. The van der Waals surface area contributed by atoms with Crippen LogP contribution in [0.15, 0.2) is 194 Å². The Hall–Kier alpha value is -6.68. The molecule has 0 bridgehead atoms. The largest absolute Gasteiger partial charge is 0.310 e. The molecule has 0 fully saturated rings. The van der Waals surface area contributed by atoms with Crippen LogP contribution in [0.1, 0.15) is 0 Å². The average Bonchev–Trinajstić information content (AvgIpc) is 3.77. The van der Waals surface area contributed by atoms with Gasteiger partial charge in [-0.05, 0) is 76.3 Å². The summed E-state index contributed by atoms with van der Waals surface area (Å²) in [6, 6.07) is 71.1. The van der Waals surface area contributed by atoms with E-state index in [0.717, 1.165) is 22.7 Å². The van der Waals surface area contributed by atoms with E-state index in [1.807, 2.05) is 11.3 Å². The lowest BCUT2D eigenvalue weighted by Gasteiger charge is -2.28. The normalized spacial score (nSPS) is 11.8. The highest BCUT2D eigenvalue weighted by molar-refractivity contribution is 7.25. The second-order valence-corrected chi connectivity index (χ2v) is 14.8. The zero-order valence-electron chi connectivity index (χ0n) is 28.8. The van der Waals surface area contributed by atoms with Crippen molar-refractivity contribution in [1.29, 1.82) is 0 Å². The molecule has 0 spiro atoms. The van der Waals surface area contributed by atoms with Gasteiger partial charge < -0.3 is 9.47 Å². The standard InChI is InChI=1S/C50H32N2S/c1-2-13-34(14-3-1)40-17-8-10-20-46(40)51(38-26-29-49-45(31-38)43-19-9-11-21-48(43)53-49)39-25-28-42-44-27-23-35-15-6-7-18-41(35)50(44)52(47(42)32-39)37-24-22-33-12-4-5-16-36(33)30-37/h1-32H. The van der Waals surface area contributed by atoms with Gasteiger partial charge in [-0.2, -0.15) is 0 Å². The van der Waals surface area contributed by atoms with Gasteiger partial charge in [0.05, 0.1) is 16.7 Å². The number of hydrogen-bond acceptors (Lipinski definition) is 2. The van der Waals surface area contributed by atoms with Crippen LogP contribution in [0.5, 0.6) is 0 Å². The Balaban J connectivity index is 1.23. The molecule has 248 valence electrons. The Morgan fingerprint density at radius 1 is 0.396 bits per heavy atom. The molecule has 0 atom stereocenters. The number of fused-ring (bicyclic) bond motifs is 9. The SMILES string of the molecule is c1ccc(-c2ccccc2N(c2ccc3sc4ccccc4c3c2)c2ccc3c4ccc5ccccc5c4n(-c4ccc5ccccc5c4)c3c2)cc1. The second kappa shape index (κ2) is 11.9. The highest BCUT2D eigenvalue weighted by Crippen LogP contribution is 2.46. The van der Waals surface area contributed by atoms with E-state index in [2.05, 4.69) is 204 Å². The molecule has 0 N–H and O–H groups in total. The maximum absolute atomic E-state index is 2.49. The van der Waals surface area contributed by atoms with Crippen molar-refractivity contribution in [2.24, 2.45) is 0 Å². The van der Waals surface area contributed by atoms with Gasteiger partial charge in [0.15, 0.2) is 0 Å². The summed E-state index contributed by atoms with van der Waals surface area (Å²) in [5.74, 6) is 0. The minimum absolute atomic E-state index is 1.11. The molecule has 0 saturated heterocycles. The van der Waals surface area contributed by atoms with Gasteiger partial charge in [-0.25, -0.2) is 0 Å². The fourth-order valence-corrected chi connectivity index (χ4v) is 9.39. The van der Waals surface area contributed by atoms with Crippen molar-refractivity contribution in [1.82, 2.24) is 4.57 Å². The van der Waals surface area contributed by atoms with Gasteiger partial charge in [-0.15, -0.1) is 11.3 Å². The first-order chi connectivity index (χ1) is 26.3. The molecular formula is C50H32N2S. The summed E-state index contributed by atoms with van der Waals surface area (Å²) in [7, 11) is 0. The maximum Gasteiger partial charge on any atom is 0.0619 e. The van der Waals surface area contributed by atoms with Crippen molar-refractivity contribution in [2.75, 3.05) is 4.90 Å². The molecule has 9 aromatic carbocycles. The lowest BCUT2D eigenvalue weighted by Crippen LogP contribution is -2.11. The lowest BCUT2D eigenvalue weighted by atomic mass is 10.0. The molecule has 0 unspecified atom stereocenters. The summed E-state index contributed by atoms with van der Waals surface area (Å²) >= 11 is 1.86. The van der Waals surface area contributed by atoms with E-state index < -0.39 is 0 Å². The predicted octanol–water partition coefficient (Wildman–Crippen LogP) is 14.6. The summed E-state index contributed by atoms with van der Waals surface area (Å²) in [5.41, 5.74) is 9.30. The number of para-hydroxylation sites is 1. The fourth-order valence-electron chi connectivity index (χ4n) is 8.30. The van der Waals surface area contributed by atoms with Gasteiger partial charge in [0.2, 0.25) is 0 Å². The van der Waals surface area contributed by atoms with Crippen LogP contribution in [0.2, 0.25) is 0 Å². The van der Waals surface area contributed by atoms with Gasteiger partial charge in [0, 0.05) is 59.0 Å². The highest BCUT2D eigenvalue weighted by Gasteiger charge is 2.22. The number of thiophene rings is 1. The molecule has 0 aliphatic carbocycles. The third kappa shape index (κ3) is 4.78. The van der Waals surface area contributed by atoms with E-state index in [-0.39, 0.29) is 0 Å². The van der Waals surface area contributed by atoms with Crippen LogP contribution in [0.3, 0.4) is 0 Å². The number of nitrogens with zero attached hydrogens (tertiary/aromatic N) is 2. The minimum atomic E-state index is 1.11. The third-order valence-corrected chi connectivity index (χ3v) is 11.9. The van der Waals surface area contributed by atoms with E-state index in [1.165, 1.54) is 74.6 Å². The van der Waals surface area contributed by atoms with Crippen molar-refractivity contribution in [3.8, 4) is 16.8 Å². The summed E-state index contributed by atoms with van der Waals surface area (Å²) < 4.78 is 5.09. The van der Waals surface area contributed by atoms with Crippen LogP contribution in [-0.4, -0.2) is 4.57 Å². The van der Waals surface area contributed by atoms with E-state index in [9.17, 15) is 0 Å². The van der Waals surface area contributed by atoms with Gasteiger partial charge >= 0.3 is 0 Å². The van der Waals surface area contributed by atoms with E-state index in [1.54, 1.807) is 0 Å². The number of anilines is 3. The van der Waals surface area contributed by atoms with Crippen molar-refractivity contribution >= 4 is 91.9 Å². The monoisotopic (exact) mass is 692 g/mol. The molecular weight excluding hydrogens is 661 g/mol. The number of benzene rings is 9. The molecule has 11 aromatic rings. The average molecular weight is 693 g/mol.